The van der Waals surface area contributed by atoms with Crippen molar-refractivity contribution in [3.8, 4) is 5.75 Å². The minimum atomic E-state index is -0.0799. The van der Waals surface area contributed by atoms with E-state index in [1.54, 1.807) is 13.3 Å². The van der Waals surface area contributed by atoms with Crippen molar-refractivity contribution in [1.29, 1.82) is 0 Å². The number of hydrogen-bond acceptors (Lipinski definition) is 4. The number of nitrogens with zero attached hydrogens (tertiary/aromatic N) is 1. The first-order valence-corrected chi connectivity index (χ1v) is 10.1. The van der Waals surface area contributed by atoms with Crippen LogP contribution >= 0.6 is 27.7 Å². The monoisotopic (exact) mass is 442 g/mol. The number of aromatic nitrogens is 1. The normalized spacial score (nSPS) is 10.4. The van der Waals surface area contributed by atoms with Gasteiger partial charge >= 0.3 is 0 Å². The summed E-state index contributed by atoms with van der Waals surface area (Å²) in [4.78, 5) is 17.9. The molecule has 1 amide bonds. The van der Waals surface area contributed by atoms with E-state index in [-0.39, 0.29) is 5.91 Å². The molecule has 3 aromatic rings. The number of nitrogens with one attached hydrogen (secondary N) is 1. The molecule has 0 radical (unpaired) electrons. The van der Waals surface area contributed by atoms with Gasteiger partial charge in [-0.1, -0.05) is 36.0 Å². The zero-order valence-corrected chi connectivity index (χ0v) is 17.2. The number of methoxy groups -OCH3 is 1. The Morgan fingerprint density at radius 1 is 1.11 bits per heavy atom. The van der Waals surface area contributed by atoms with E-state index >= 15 is 0 Å². The Kier molecular flexibility index (Phi) is 6.90. The van der Waals surface area contributed by atoms with Gasteiger partial charge in [0, 0.05) is 22.1 Å². The van der Waals surface area contributed by atoms with Crippen LogP contribution in [-0.2, 0) is 6.42 Å². The van der Waals surface area contributed by atoms with Gasteiger partial charge in [-0.05, 0) is 64.3 Å². The Morgan fingerprint density at radius 2 is 1.89 bits per heavy atom. The van der Waals surface area contributed by atoms with Crippen molar-refractivity contribution >= 4 is 33.6 Å². The van der Waals surface area contributed by atoms with Gasteiger partial charge in [0.15, 0.2) is 0 Å². The molecule has 0 aliphatic carbocycles. The SMILES string of the molecule is COc1ccc(CCNC(=O)c2ccccc2Sc2ccc(Br)cn2)cc1. The molecule has 0 aliphatic rings. The van der Waals surface area contributed by atoms with Crippen molar-refractivity contribution in [1.82, 2.24) is 10.3 Å². The molecule has 0 spiro atoms. The maximum absolute atomic E-state index is 12.6. The molecule has 0 fully saturated rings. The van der Waals surface area contributed by atoms with E-state index < -0.39 is 0 Å². The highest BCUT2D eigenvalue weighted by Gasteiger charge is 2.12. The molecule has 0 aliphatic heterocycles. The van der Waals surface area contributed by atoms with Crippen molar-refractivity contribution in [3.63, 3.8) is 0 Å². The summed E-state index contributed by atoms with van der Waals surface area (Å²) < 4.78 is 6.09. The van der Waals surface area contributed by atoms with Gasteiger partial charge in [0.2, 0.25) is 0 Å². The van der Waals surface area contributed by atoms with Crippen LogP contribution < -0.4 is 10.1 Å². The topological polar surface area (TPSA) is 51.2 Å². The predicted octanol–water partition coefficient (Wildman–Crippen LogP) is 4.98. The lowest BCUT2D eigenvalue weighted by Crippen LogP contribution is -2.26. The molecule has 0 saturated heterocycles. The number of amides is 1. The highest BCUT2D eigenvalue weighted by Crippen LogP contribution is 2.29. The van der Waals surface area contributed by atoms with Crippen molar-refractivity contribution in [3.05, 3.63) is 82.5 Å². The second kappa shape index (κ2) is 9.58. The number of pyridine rings is 1. The average molecular weight is 443 g/mol. The van der Waals surface area contributed by atoms with E-state index in [0.717, 1.165) is 32.1 Å². The maximum Gasteiger partial charge on any atom is 0.252 e. The van der Waals surface area contributed by atoms with E-state index in [0.29, 0.717) is 12.1 Å². The van der Waals surface area contributed by atoms with Crippen LogP contribution in [0.15, 0.2) is 81.3 Å². The van der Waals surface area contributed by atoms with Crippen LogP contribution in [0.25, 0.3) is 0 Å². The first-order chi connectivity index (χ1) is 13.2. The first-order valence-electron chi connectivity index (χ1n) is 8.45. The largest absolute Gasteiger partial charge is 0.497 e. The van der Waals surface area contributed by atoms with Gasteiger partial charge < -0.3 is 10.1 Å². The first kappa shape index (κ1) is 19.5. The molecule has 0 atom stereocenters. The van der Waals surface area contributed by atoms with Crippen LogP contribution in [0, 0.1) is 0 Å². The number of carbonyl (C=O) groups is 1. The van der Waals surface area contributed by atoms with Crippen molar-refractivity contribution in [2.75, 3.05) is 13.7 Å². The Labute approximate surface area is 171 Å². The van der Waals surface area contributed by atoms with Gasteiger partial charge in [0.25, 0.3) is 5.91 Å². The second-order valence-corrected chi connectivity index (χ2v) is 7.74. The number of ether oxygens (including phenoxy) is 1. The van der Waals surface area contributed by atoms with E-state index in [4.69, 9.17) is 4.74 Å². The summed E-state index contributed by atoms with van der Waals surface area (Å²) in [5, 5.41) is 3.84. The van der Waals surface area contributed by atoms with Gasteiger partial charge in [0.05, 0.1) is 12.7 Å². The third-order valence-corrected chi connectivity index (χ3v) is 5.40. The molecule has 27 heavy (non-hydrogen) atoms. The number of hydrogen-bond donors (Lipinski definition) is 1. The van der Waals surface area contributed by atoms with Crippen LogP contribution in [-0.4, -0.2) is 24.5 Å². The van der Waals surface area contributed by atoms with Crippen LogP contribution in [0.4, 0.5) is 0 Å². The third kappa shape index (κ3) is 5.58. The molecule has 0 unspecified atom stereocenters. The van der Waals surface area contributed by atoms with Crippen LogP contribution in [0.5, 0.6) is 5.75 Å². The molecule has 4 nitrogen and oxygen atoms in total. The molecule has 1 N–H and O–H groups in total. The molecule has 1 aromatic heterocycles. The highest BCUT2D eigenvalue weighted by atomic mass is 79.9. The second-order valence-electron chi connectivity index (χ2n) is 5.77. The van der Waals surface area contributed by atoms with Gasteiger partial charge in [0.1, 0.15) is 10.8 Å². The molecule has 1 heterocycles. The molecule has 3 rings (SSSR count). The molecule has 0 bridgehead atoms. The number of halogens is 1. The van der Waals surface area contributed by atoms with Crippen LogP contribution in [0.1, 0.15) is 15.9 Å². The summed E-state index contributed by atoms with van der Waals surface area (Å²) in [6, 6.07) is 19.3. The fourth-order valence-electron chi connectivity index (χ4n) is 2.49. The summed E-state index contributed by atoms with van der Waals surface area (Å²) in [6.45, 7) is 0.570. The molecule has 0 saturated carbocycles. The average Bonchev–Trinajstić information content (AvgIpc) is 2.70. The lowest BCUT2D eigenvalue weighted by molar-refractivity contribution is 0.0951. The number of benzene rings is 2. The Hall–Kier alpha value is -2.31. The minimum Gasteiger partial charge on any atom is -0.497 e. The van der Waals surface area contributed by atoms with E-state index in [2.05, 4.69) is 26.2 Å². The highest BCUT2D eigenvalue weighted by molar-refractivity contribution is 9.10. The minimum absolute atomic E-state index is 0.0799. The maximum atomic E-state index is 12.6. The van der Waals surface area contributed by atoms with E-state index in [1.807, 2.05) is 60.7 Å². The third-order valence-electron chi connectivity index (χ3n) is 3.90. The van der Waals surface area contributed by atoms with Crippen LogP contribution in [0.3, 0.4) is 0 Å². The molecule has 138 valence electrons. The predicted molar refractivity (Wildman–Crippen MR) is 112 cm³/mol. The van der Waals surface area contributed by atoms with Crippen molar-refractivity contribution in [2.45, 2.75) is 16.3 Å². The fraction of sp³-hybridized carbons (Fsp3) is 0.143. The Bertz CT molecular complexity index is 899. The van der Waals surface area contributed by atoms with Gasteiger partial charge in [-0.25, -0.2) is 4.98 Å². The van der Waals surface area contributed by atoms with Crippen molar-refractivity contribution < 1.29 is 9.53 Å². The fourth-order valence-corrected chi connectivity index (χ4v) is 3.60. The molecular weight excluding hydrogens is 424 g/mol. The number of rotatable bonds is 7. The van der Waals surface area contributed by atoms with Gasteiger partial charge in [-0.3, -0.25) is 4.79 Å². The molecule has 6 heteroatoms. The van der Waals surface area contributed by atoms with E-state index in [1.165, 1.54) is 11.8 Å². The zero-order chi connectivity index (χ0) is 19.1. The summed E-state index contributed by atoms with van der Waals surface area (Å²) in [7, 11) is 1.65. The Balaban J connectivity index is 1.61. The van der Waals surface area contributed by atoms with Crippen LogP contribution in [0.2, 0.25) is 0 Å². The summed E-state index contributed by atoms with van der Waals surface area (Å²) in [5.74, 6) is 0.749. The summed E-state index contributed by atoms with van der Waals surface area (Å²) >= 11 is 4.86. The molecular formula is C21H19BrN2O2S. The smallest absolute Gasteiger partial charge is 0.252 e. The quantitative estimate of drug-likeness (QED) is 0.560. The summed E-state index contributed by atoms with van der Waals surface area (Å²) in [6.07, 6.45) is 2.51. The molecule has 2 aromatic carbocycles. The standard InChI is InChI=1S/C21H19BrN2O2S/c1-26-17-9-6-15(7-10-17)12-13-23-21(25)18-4-2-3-5-19(18)27-20-11-8-16(22)14-24-20/h2-11,14H,12-13H2,1H3,(H,23,25). The van der Waals surface area contributed by atoms with Gasteiger partial charge in [-0.2, -0.15) is 0 Å². The summed E-state index contributed by atoms with van der Waals surface area (Å²) in [5.41, 5.74) is 1.81. The zero-order valence-electron chi connectivity index (χ0n) is 14.8. The lowest BCUT2D eigenvalue weighted by Gasteiger charge is -2.10. The Morgan fingerprint density at radius 3 is 2.59 bits per heavy atom. The van der Waals surface area contributed by atoms with E-state index in [9.17, 15) is 4.79 Å². The number of carbonyl (C=O) groups excluding carboxylic acids is 1. The van der Waals surface area contributed by atoms with Crippen molar-refractivity contribution in [2.24, 2.45) is 0 Å². The lowest BCUT2D eigenvalue weighted by atomic mass is 10.1. The van der Waals surface area contributed by atoms with Gasteiger partial charge in [-0.15, -0.1) is 0 Å².